The van der Waals surface area contributed by atoms with Gasteiger partial charge in [0.15, 0.2) is 0 Å². The summed E-state index contributed by atoms with van der Waals surface area (Å²) in [6.45, 7) is 1.74. The van der Waals surface area contributed by atoms with Crippen molar-refractivity contribution in [2.45, 2.75) is 30.3 Å². The lowest BCUT2D eigenvalue weighted by Crippen LogP contribution is -2.34. The highest BCUT2D eigenvalue weighted by Crippen LogP contribution is 2.25. The van der Waals surface area contributed by atoms with Gasteiger partial charge in [0, 0.05) is 30.7 Å². The summed E-state index contributed by atoms with van der Waals surface area (Å²) in [6.07, 6.45) is 2.43. The lowest BCUT2D eigenvalue weighted by atomic mass is 10.2. The Morgan fingerprint density at radius 2 is 2.10 bits per heavy atom. The number of rotatable bonds is 8. The van der Waals surface area contributed by atoms with Crippen LogP contribution >= 0.6 is 11.6 Å². The summed E-state index contributed by atoms with van der Waals surface area (Å²) in [4.78, 5) is 2.40. The molecule has 0 radical (unpaired) electrons. The first-order valence-electron chi connectivity index (χ1n) is 7.07. The van der Waals surface area contributed by atoms with Gasteiger partial charge in [-0.1, -0.05) is 17.7 Å². The number of likely N-dealkylation sites (N-methyl/N-ethyl adjacent to an activating group) is 1. The van der Waals surface area contributed by atoms with Crippen molar-refractivity contribution < 1.29 is 8.42 Å². The molecule has 0 amide bonds. The topological polar surface area (TPSA) is 61.4 Å². The van der Waals surface area contributed by atoms with Crippen LogP contribution < -0.4 is 10.0 Å². The molecular formula is C14H22ClN3O2S. The molecule has 1 aliphatic rings. The monoisotopic (exact) mass is 331 g/mol. The van der Waals surface area contributed by atoms with Crippen molar-refractivity contribution in [1.29, 1.82) is 0 Å². The molecule has 0 heterocycles. The average molecular weight is 332 g/mol. The molecule has 0 atom stereocenters. The van der Waals surface area contributed by atoms with Crippen molar-refractivity contribution in [1.82, 2.24) is 14.9 Å². The molecular weight excluding hydrogens is 310 g/mol. The van der Waals surface area contributed by atoms with Crippen molar-refractivity contribution >= 4 is 21.6 Å². The van der Waals surface area contributed by atoms with Gasteiger partial charge in [-0.15, -0.1) is 0 Å². The van der Waals surface area contributed by atoms with E-state index in [-0.39, 0.29) is 4.90 Å². The molecule has 0 bridgehead atoms. The van der Waals surface area contributed by atoms with Crippen LogP contribution in [0.4, 0.5) is 0 Å². The van der Waals surface area contributed by atoms with Crippen LogP contribution in [-0.4, -0.2) is 46.5 Å². The maximum Gasteiger partial charge on any atom is 0.240 e. The van der Waals surface area contributed by atoms with Gasteiger partial charge in [0.1, 0.15) is 0 Å². The lowest BCUT2D eigenvalue weighted by Gasteiger charge is -2.16. The SMILES string of the molecule is CNCc1ccc(S(=O)(=O)NCCN(C)C2CC2)cc1Cl. The number of hydrogen-bond acceptors (Lipinski definition) is 4. The van der Waals surface area contributed by atoms with Crippen LogP contribution in [0.1, 0.15) is 18.4 Å². The quantitative estimate of drug-likeness (QED) is 0.756. The summed E-state index contributed by atoms with van der Waals surface area (Å²) in [5.74, 6) is 0. The van der Waals surface area contributed by atoms with Gasteiger partial charge in [0.25, 0.3) is 0 Å². The van der Waals surface area contributed by atoms with Gasteiger partial charge in [-0.3, -0.25) is 0 Å². The largest absolute Gasteiger partial charge is 0.316 e. The second-order valence-electron chi connectivity index (χ2n) is 5.39. The highest BCUT2D eigenvalue weighted by molar-refractivity contribution is 7.89. The third kappa shape index (κ3) is 4.66. The van der Waals surface area contributed by atoms with E-state index in [4.69, 9.17) is 11.6 Å². The maximum absolute atomic E-state index is 12.2. The van der Waals surface area contributed by atoms with Crippen molar-refractivity contribution in [3.05, 3.63) is 28.8 Å². The van der Waals surface area contributed by atoms with Gasteiger partial charge in [0.05, 0.1) is 4.90 Å². The fourth-order valence-electron chi connectivity index (χ4n) is 2.17. The molecule has 21 heavy (non-hydrogen) atoms. The fraction of sp³-hybridized carbons (Fsp3) is 0.571. The number of sulfonamides is 1. The van der Waals surface area contributed by atoms with Gasteiger partial charge < -0.3 is 10.2 Å². The molecule has 2 rings (SSSR count). The predicted molar refractivity (Wildman–Crippen MR) is 85.1 cm³/mol. The minimum atomic E-state index is -3.50. The Balaban J connectivity index is 1.96. The molecule has 0 aromatic heterocycles. The summed E-state index contributed by atoms with van der Waals surface area (Å²) in [6, 6.07) is 5.46. The molecule has 1 saturated carbocycles. The Bertz CT molecular complexity index is 588. The number of benzene rings is 1. The summed E-state index contributed by atoms with van der Waals surface area (Å²) in [5, 5.41) is 3.45. The van der Waals surface area contributed by atoms with Crippen LogP contribution in [0.2, 0.25) is 5.02 Å². The maximum atomic E-state index is 12.2. The zero-order valence-corrected chi connectivity index (χ0v) is 14.0. The first-order chi connectivity index (χ1) is 9.94. The van der Waals surface area contributed by atoms with Crippen LogP contribution in [0.5, 0.6) is 0 Å². The summed E-state index contributed by atoms with van der Waals surface area (Å²) in [5.41, 5.74) is 0.881. The van der Waals surface area contributed by atoms with Gasteiger partial charge in [-0.05, 0) is 44.6 Å². The van der Waals surface area contributed by atoms with Crippen molar-refractivity contribution in [2.24, 2.45) is 0 Å². The second-order valence-corrected chi connectivity index (χ2v) is 7.57. The molecule has 0 spiro atoms. The highest BCUT2D eigenvalue weighted by Gasteiger charge is 2.26. The normalized spacial score (nSPS) is 15.6. The average Bonchev–Trinajstić information content (AvgIpc) is 3.25. The van der Waals surface area contributed by atoms with Gasteiger partial charge in [0.2, 0.25) is 10.0 Å². The van der Waals surface area contributed by atoms with Crippen LogP contribution in [0, 0.1) is 0 Å². The Labute approximate surface area is 131 Å². The predicted octanol–water partition coefficient (Wildman–Crippen LogP) is 1.43. The zero-order valence-electron chi connectivity index (χ0n) is 12.4. The summed E-state index contributed by atoms with van der Waals surface area (Å²) < 4.78 is 27.1. The zero-order chi connectivity index (χ0) is 15.5. The van der Waals surface area contributed by atoms with E-state index in [1.165, 1.54) is 18.9 Å². The van der Waals surface area contributed by atoms with E-state index in [9.17, 15) is 8.42 Å². The molecule has 1 aromatic rings. The summed E-state index contributed by atoms with van der Waals surface area (Å²) >= 11 is 6.11. The minimum absolute atomic E-state index is 0.210. The number of hydrogen-bond donors (Lipinski definition) is 2. The van der Waals surface area contributed by atoms with E-state index in [2.05, 4.69) is 14.9 Å². The molecule has 1 aromatic carbocycles. The molecule has 5 nitrogen and oxygen atoms in total. The molecule has 0 saturated heterocycles. The van der Waals surface area contributed by atoms with Crippen molar-refractivity contribution in [2.75, 3.05) is 27.2 Å². The van der Waals surface area contributed by atoms with Gasteiger partial charge >= 0.3 is 0 Å². The van der Waals surface area contributed by atoms with E-state index in [0.29, 0.717) is 24.2 Å². The van der Waals surface area contributed by atoms with Crippen LogP contribution in [-0.2, 0) is 16.6 Å². The standard InChI is InChI=1S/C14H22ClN3O2S/c1-16-10-11-3-6-13(9-14(11)15)21(19,20)17-7-8-18(2)12-4-5-12/h3,6,9,12,16-17H,4-5,7-8,10H2,1-2H3. The fourth-order valence-corrected chi connectivity index (χ4v) is 3.53. The molecule has 0 unspecified atom stereocenters. The second kappa shape index (κ2) is 7.07. The molecule has 1 aliphatic carbocycles. The first-order valence-corrected chi connectivity index (χ1v) is 8.93. The van der Waals surface area contributed by atoms with Crippen LogP contribution in [0.3, 0.4) is 0 Å². The molecule has 2 N–H and O–H groups in total. The van der Waals surface area contributed by atoms with E-state index >= 15 is 0 Å². The van der Waals surface area contributed by atoms with E-state index in [1.807, 2.05) is 14.1 Å². The van der Waals surface area contributed by atoms with E-state index in [1.54, 1.807) is 12.1 Å². The summed E-state index contributed by atoms with van der Waals surface area (Å²) in [7, 11) is 0.345. The lowest BCUT2D eigenvalue weighted by molar-refractivity contribution is 0.329. The number of nitrogens with zero attached hydrogens (tertiary/aromatic N) is 1. The third-order valence-corrected chi connectivity index (χ3v) is 5.44. The Hall–Kier alpha value is -0.660. The highest BCUT2D eigenvalue weighted by atomic mass is 35.5. The smallest absolute Gasteiger partial charge is 0.240 e. The van der Waals surface area contributed by atoms with Gasteiger partial charge in [-0.2, -0.15) is 0 Å². The van der Waals surface area contributed by atoms with Crippen LogP contribution in [0.25, 0.3) is 0 Å². The van der Waals surface area contributed by atoms with Crippen molar-refractivity contribution in [3.8, 4) is 0 Å². The third-order valence-electron chi connectivity index (χ3n) is 3.63. The number of nitrogens with one attached hydrogen (secondary N) is 2. The number of halogens is 1. The first kappa shape index (κ1) is 16.7. The van der Waals surface area contributed by atoms with Gasteiger partial charge in [-0.25, -0.2) is 13.1 Å². The Kier molecular flexibility index (Phi) is 5.62. The molecule has 118 valence electrons. The van der Waals surface area contributed by atoms with Crippen molar-refractivity contribution in [3.63, 3.8) is 0 Å². The van der Waals surface area contributed by atoms with Crippen LogP contribution in [0.15, 0.2) is 23.1 Å². The molecule has 0 aliphatic heterocycles. The minimum Gasteiger partial charge on any atom is -0.316 e. The molecule has 7 heteroatoms. The van der Waals surface area contributed by atoms with E-state index in [0.717, 1.165) is 12.1 Å². The Morgan fingerprint density at radius 3 is 2.67 bits per heavy atom. The Morgan fingerprint density at radius 1 is 1.38 bits per heavy atom. The van der Waals surface area contributed by atoms with E-state index < -0.39 is 10.0 Å². The molecule has 1 fully saturated rings.